The van der Waals surface area contributed by atoms with Crippen LogP contribution in [0.15, 0.2) is 0 Å². The smallest absolute Gasteiger partial charge is 0.317 e. The number of amides is 2. The molecule has 1 saturated heterocycles. The first kappa shape index (κ1) is 15.8. The standard InChI is InChI=1S/C13H24N2O4/c1-9(2)11(8-19-3)14-13(18)15-5-4-10(7-15)6-12(16)17/h9-11H,4-8H2,1-3H3,(H,14,18)(H,16,17). The molecule has 6 nitrogen and oxygen atoms in total. The lowest BCUT2D eigenvalue weighted by atomic mass is 10.1. The summed E-state index contributed by atoms with van der Waals surface area (Å²) in [5.41, 5.74) is 0. The first-order valence-corrected chi connectivity index (χ1v) is 6.70. The van der Waals surface area contributed by atoms with Crippen LogP contribution in [0.4, 0.5) is 4.79 Å². The zero-order valence-electron chi connectivity index (χ0n) is 11.9. The van der Waals surface area contributed by atoms with Gasteiger partial charge in [-0.05, 0) is 18.3 Å². The van der Waals surface area contributed by atoms with Crippen molar-refractivity contribution in [3.8, 4) is 0 Å². The Kier molecular flexibility index (Phi) is 6.08. The van der Waals surface area contributed by atoms with Gasteiger partial charge in [-0.15, -0.1) is 0 Å². The van der Waals surface area contributed by atoms with Gasteiger partial charge in [0.15, 0.2) is 0 Å². The van der Waals surface area contributed by atoms with Crippen LogP contribution >= 0.6 is 0 Å². The molecule has 6 heteroatoms. The molecule has 2 N–H and O–H groups in total. The number of hydrogen-bond donors (Lipinski definition) is 2. The summed E-state index contributed by atoms with van der Waals surface area (Å²) >= 11 is 0. The van der Waals surface area contributed by atoms with E-state index in [1.165, 1.54) is 0 Å². The number of urea groups is 1. The molecule has 1 aliphatic heterocycles. The number of carboxylic acid groups (broad SMARTS) is 1. The SMILES string of the molecule is COCC(NC(=O)N1CCC(CC(=O)O)C1)C(C)C. The zero-order chi connectivity index (χ0) is 14.4. The van der Waals surface area contributed by atoms with Gasteiger partial charge in [0.2, 0.25) is 0 Å². The fourth-order valence-electron chi connectivity index (χ4n) is 2.26. The van der Waals surface area contributed by atoms with Crippen LogP contribution in [0.25, 0.3) is 0 Å². The minimum absolute atomic E-state index is 0.0176. The highest BCUT2D eigenvalue weighted by atomic mass is 16.5. The molecule has 2 amide bonds. The van der Waals surface area contributed by atoms with Crippen LogP contribution in [-0.2, 0) is 9.53 Å². The maximum atomic E-state index is 12.1. The summed E-state index contributed by atoms with van der Waals surface area (Å²) < 4.78 is 5.09. The summed E-state index contributed by atoms with van der Waals surface area (Å²) in [6.45, 7) is 5.69. The molecule has 1 fully saturated rings. The van der Waals surface area contributed by atoms with Crippen LogP contribution in [-0.4, -0.2) is 54.9 Å². The molecule has 0 aromatic rings. The number of nitrogens with zero attached hydrogens (tertiary/aromatic N) is 1. The Morgan fingerprint density at radius 3 is 2.68 bits per heavy atom. The maximum Gasteiger partial charge on any atom is 0.317 e. The van der Waals surface area contributed by atoms with Gasteiger partial charge in [0.1, 0.15) is 0 Å². The van der Waals surface area contributed by atoms with Gasteiger partial charge in [0.25, 0.3) is 0 Å². The largest absolute Gasteiger partial charge is 0.481 e. The summed E-state index contributed by atoms with van der Waals surface area (Å²) in [5, 5.41) is 11.7. The van der Waals surface area contributed by atoms with Crippen molar-refractivity contribution < 1.29 is 19.4 Å². The van der Waals surface area contributed by atoms with E-state index in [-0.39, 0.29) is 24.4 Å². The molecule has 19 heavy (non-hydrogen) atoms. The van der Waals surface area contributed by atoms with Crippen LogP contribution in [0.2, 0.25) is 0 Å². The van der Waals surface area contributed by atoms with Crippen LogP contribution < -0.4 is 5.32 Å². The van der Waals surface area contributed by atoms with Gasteiger partial charge in [0.05, 0.1) is 12.6 Å². The molecular weight excluding hydrogens is 248 g/mol. The monoisotopic (exact) mass is 272 g/mol. The molecule has 2 unspecified atom stereocenters. The van der Waals surface area contributed by atoms with E-state index in [2.05, 4.69) is 5.32 Å². The Hall–Kier alpha value is -1.30. The highest BCUT2D eigenvalue weighted by Crippen LogP contribution is 2.19. The number of aliphatic carboxylic acids is 1. The lowest BCUT2D eigenvalue weighted by Gasteiger charge is -2.25. The Morgan fingerprint density at radius 2 is 2.16 bits per heavy atom. The van der Waals surface area contributed by atoms with Gasteiger partial charge in [-0.3, -0.25) is 4.79 Å². The van der Waals surface area contributed by atoms with Crippen molar-refractivity contribution in [1.82, 2.24) is 10.2 Å². The van der Waals surface area contributed by atoms with E-state index < -0.39 is 5.97 Å². The molecule has 0 aliphatic carbocycles. The molecule has 1 aliphatic rings. The van der Waals surface area contributed by atoms with Gasteiger partial charge >= 0.3 is 12.0 Å². The third kappa shape index (κ3) is 5.06. The number of likely N-dealkylation sites (tertiary alicyclic amines) is 1. The van der Waals surface area contributed by atoms with Crippen molar-refractivity contribution in [2.45, 2.75) is 32.7 Å². The fraction of sp³-hybridized carbons (Fsp3) is 0.846. The van der Waals surface area contributed by atoms with Gasteiger partial charge in [0, 0.05) is 26.6 Å². The number of nitrogens with one attached hydrogen (secondary N) is 1. The molecule has 1 rings (SSSR count). The molecular formula is C13H24N2O4. The van der Waals surface area contributed by atoms with Gasteiger partial charge < -0.3 is 20.1 Å². The molecule has 0 saturated carbocycles. The Labute approximate surface area is 114 Å². The highest BCUT2D eigenvalue weighted by Gasteiger charge is 2.29. The number of methoxy groups -OCH3 is 1. The molecule has 0 radical (unpaired) electrons. The number of carbonyl (C=O) groups is 2. The maximum absolute atomic E-state index is 12.1. The molecule has 110 valence electrons. The minimum Gasteiger partial charge on any atom is -0.481 e. The Bertz CT molecular complexity index is 320. The van der Waals surface area contributed by atoms with Crippen LogP contribution in [0, 0.1) is 11.8 Å². The second-order valence-electron chi connectivity index (χ2n) is 5.45. The quantitative estimate of drug-likeness (QED) is 0.760. The Balaban J connectivity index is 2.43. The lowest BCUT2D eigenvalue weighted by molar-refractivity contribution is -0.138. The summed E-state index contributed by atoms with van der Waals surface area (Å²) in [6.07, 6.45) is 0.895. The first-order valence-electron chi connectivity index (χ1n) is 6.70. The zero-order valence-corrected chi connectivity index (χ0v) is 11.9. The van der Waals surface area contributed by atoms with E-state index in [1.807, 2.05) is 13.8 Å². The minimum atomic E-state index is -0.799. The van der Waals surface area contributed by atoms with Crippen molar-refractivity contribution in [3.05, 3.63) is 0 Å². The van der Waals surface area contributed by atoms with E-state index in [0.29, 0.717) is 25.6 Å². The third-order valence-electron chi connectivity index (χ3n) is 3.50. The molecule has 0 bridgehead atoms. The fourth-order valence-corrected chi connectivity index (χ4v) is 2.26. The van der Waals surface area contributed by atoms with Crippen molar-refractivity contribution >= 4 is 12.0 Å². The number of carboxylic acids is 1. The average molecular weight is 272 g/mol. The third-order valence-corrected chi connectivity index (χ3v) is 3.50. The summed E-state index contributed by atoms with van der Waals surface area (Å²) in [4.78, 5) is 24.4. The van der Waals surface area contributed by atoms with E-state index in [4.69, 9.17) is 9.84 Å². The van der Waals surface area contributed by atoms with Crippen molar-refractivity contribution in [2.24, 2.45) is 11.8 Å². The number of carbonyl (C=O) groups excluding carboxylic acids is 1. The summed E-state index contributed by atoms with van der Waals surface area (Å²) in [6, 6.07) is -0.139. The van der Waals surface area contributed by atoms with Crippen molar-refractivity contribution in [1.29, 1.82) is 0 Å². The van der Waals surface area contributed by atoms with E-state index >= 15 is 0 Å². The molecule has 1 heterocycles. The van der Waals surface area contributed by atoms with Crippen molar-refractivity contribution in [2.75, 3.05) is 26.8 Å². The molecule has 0 aromatic heterocycles. The first-order chi connectivity index (χ1) is 8.93. The van der Waals surface area contributed by atoms with Crippen LogP contribution in [0.3, 0.4) is 0 Å². The highest BCUT2D eigenvalue weighted by molar-refractivity contribution is 5.75. The summed E-state index contributed by atoms with van der Waals surface area (Å²) in [5.74, 6) is -0.434. The second-order valence-corrected chi connectivity index (χ2v) is 5.45. The topological polar surface area (TPSA) is 78.9 Å². The predicted octanol–water partition coefficient (Wildman–Crippen LogP) is 1.16. The van der Waals surface area contributed by atoms with Gasteiger partial charge in [-0.25, -0.2) is 4.79 Å². The normalized spacial score (nSPS) is 20.6. The van der Waals surface area contributed by atoms with E-state index in [0.717, 1.165) is 6.42 Å². The predicted molar refractivity (Wildman–Crippen MR) is 71.0 cm³/mol. The average Bonchev–Trinajstić information content (AvgIpc) is 2.75. The van der Waals surface area contributed by atoms with Crippen LogP contribution in [0.5, 0.6) is 0 Å². The van der Waals surface area contributed by atoms with Crippen molar-refractivity contribution in [3.63, 3.8) is 0 Å². The van der Waals surface area contributed by atoms with Crippen LogP contribution in [0.1, 0.15) is 26.7 Å². The van der Waals surface area contributed by atoms with E-state index in [1.54, 1.807) is 12.0 Å². The Morgan fingerprint density at radius 1 is 1.47 bits per heavy atom. The van der Waals surface area contributed by atoms with E-state index in [9.17, 15) is 9.59 Å². The van der Waals surface area contributed by atoms with Gasteiger partial charge in [-0.1, -0.05) is 13.8 Å². The molecule has 0 spiro atoms. The number of hydrogen-bond acceptors (Lipinski definition) is 3. The second kappa shape index (κ2) is 7.33. The molecule has 0 aromatic carbocycles. The van der Waals surface area contributed by atoms with Gasteiger partial charge in [-0.2, -0.15) is 0 Å². The summed E-state index contributed by atoms with van der Waals surface area (Å²) in [7, 11) is 1.61. The lowest BCUT2D eigenvalue weighted by Crippen LogP contribution is -2.47. The number of ether oxygens (including phenoxy) is 1. The molecule has 2 atom stereocenters. The number of rotatable bonds is 6.